The largest absolute Gasteiger partial charge is 0.276 e. The number of nitrogens with zero attached hydrogens (tertiary/aromatic N) is 2. The predicted octanol–water partition coefficient (Wildman–Crippen LogP) is 1.63. The molecule has 0 aromatic heterocycles. The number of benzene rings is 1. The van der Waals surface area contributed by atoms with Gasteiger partial charge in [0.15, 0.2) is 0 Å². The minimum atomic E-state index is -0.496. The molecule has 1 aromatic carbocycles. The van der Waals surface area contributed by atoms with Crippen molar-refractivity contribution in [2.45, 2.75) is 0 Å². The van der Waals surface area contributed by atoms with E-state index in [9.17, 15) is 14.9 Å². The van der Waals surface area contributed by atoms with Gasteiger partial charge in [0.2, 0.25) is 0 Å². The molecule has 0 aliphatic carbocycles. The second-order valence-electron chi connectivity index (χ2n) is 3.17. The van der Waals surface area contributed by atoms with E-state index in [2.05, 4.69) is 4.84 Å². The third-order valence-electron chi connectivity index (χ3n) is 2.12. The van der Waals surface area contributed by atoms with Crippen molar-refractivity contribution < 1.29 is 14.6 Å². The minimum absolute atomic E-state index is 0.0448. The highest BCUT2D eigenvalue weighted by molar-refractivity contribution is 5.91. The van der Waals surface area contributed by atoms with Gasteiger partial charge >= 0.3 is 0 Å². The quantitative estimate of drug-likeness (QED) is 0.452. The van der Waals surface area contributed by atoms with E-state index in [-0.39, 0.29) is 5.69 Å². The zero-order valence-electron chi connectivity index (χ0n) is 9.49. The van der Waals surface area contributed by atoms with Crippen LogP contribution in [0.5, 0.6) is 0 Å². The highest BCUT2D eigenvalue weighted by atomic mass is 16.7. The lowest BCUT2D eigenvalue weighted by atomic mass is 10.1. The molecule has 6 heteroatoms. The minimum Gasteiger partial charge on any atom is -0.274 e. The van der Waals surface area contributed by atoms with Crippen molar-refractivity contribution in [3.05, 3.63) is 46.0 Å². The van der Waals surface area contributed by atoms with E-state index >= 15 is 0 Å². The Balaban J connectivity index is 2.92. The van der Waals surface area contributed by atoms with Crippen LogP contribution >= 0.6 is 0 Å². The molecule has 0 aliphatic rings. The summed E-state index contributed by atoms with van der Waals surface area (Å²) in [6.45, 7) is 0. The van der Waals surface area contributed by atoms with Gasteiger partial charge in [-0.2, -0.15) is 0 Å². The first-order valence-electron chi connectivity index (χ1n) is 4.79. The molecule has 0 unspecified atom stereocenters. The van der Waals surface area contributed by atoms with Crippen LogP contribution in [0.25, 0.3) is 6.08 Å². The molecule has 1 rings (SSSR count). The molecule has 0 radical (unpaired) electrons. The highest BCUT2D eigenvalue weighted by Gasteiger charge is 2.10. The lowest BCUT2D eigenvalue weighted by molar-refractivity contribution is -0.385. The summed E-state index contributed by atoms with van der Waals surface area (Å²) in [4.78, 5) is 26.3. The molecule has 0 fully saturated rings. The SMILES string of the molecule is CON(C)C(=O)/C=C/c1ccccc1[N+](=O)[O-]. The van der Waals surface area contributed by atoms with Gasteiger partial charge in [0.25, 0.3) is 11.6 Å². The van der Waals surface area contributed by atoms with Crippen molar-refractivity contribution >= 4 is 17.7 Å². The van der Waals surface area contributed by atoms with Gasteiger partial charge in [0, 0.05) is 19.2 Å². The van der Waals surface area contributed by atoms with Gasteiger partial charge in [-0.25, -0.2) is 5.06 Å². The number of para-hydroxylation sites is 1. The van der Waals surface area contributed by atoms with Crippen LogP contribution in [-0.4, -0.2) is 30.1 Å². The summed E-state index contributed by atoms with van der Waals surface area (Å²) in [5.41, 5.74) is 0.326. The average molecular weight is 236 g/mol. The summed E-state index contributed by atoms with van der Waals surface area (Å²) in [6.07, 6.45) is 2.60. The Bertz CT molecular complexity index is 457. The first-order chi connectivity index (χ1) is 8.06. The Hall–Kier alpha value is -2.21. The monoisotopic (exact) mass is 236 g/mol. The maximum Gasteiger partial charge on any atom is 0.276 e. The number of hydrogen-bond donors (Lipinski definition) is 0. The third kappa shape index (κ3) is 3.39. The lowest BCUT2D eigenvalue weighted by Crippen LogP contribution is -2.22. The number of likely N-dealkylation sites (N-methyl/N-ethyl adjacent to an activating group) is 1. The lowest BCUT2D eigenvalue weighted by Gasteiger charge is -2.09. The standard InChI is InChI=1S/C11H12N2O4/c1-12(17-2)11(14)8-7-9-5-3-4-6-10(9)13(15)16/h3-8H,1-2H3/b8-7+. The summed E-state index contributed by atoms with van der Waals surface area (Å²) in [7, 11) is 2.81. The molecule has 0 heterocycles. The second kappa shape index (κ2) is 5.76. The number of rotatable bonds is 4. The van der Waals surface area contributed by atoms with Gasteiger partial charge < -0.3 is 0 Å². The molecule has 0 spiro atoms. The summed E-state index contributed by atoms with van der Waals surface area (Å²) >= 11 is 0. The number of carbonyl (C=O) groups excluding carboxylic acids is 1. The number of hydrogen-bond acceptors (Lipinski definition) is 4. The molecule has 0 saturated heterocycles. The van der Waals surface area contributed by atoms with Crippen molar-refractivity contribution in [1.82, 2.24) is 5.06 Å². The molecule has 0 saturated carbocycles. The van der Waals surface area contributed by atoms with E-state index in [1.165, 1.54) is 32.4 Å². The zero-order valence-corrected chi connectivity index (χ0v) is 9.49. The molecular formula is C11H12N2O4. The van der Waals surface area contributed by atoms with E-state index in [0.29, 0.717) is 5.56 Å². The first-order valence-corrected chi connectivity index (χ1v) is 4.79. The van der Waals surface area contributed by atoms with E-state index in [1.807, 2.05) is 0 Å². The number of nitro benzene ring substituents is 1. The predicted molar refractivity (Wildman–Crippen MR) is 61.9 cm³/mol. The first kappa shape index (κ1) is 12.9. The van der Waals surface area contributed by atoms with Crippen molar-refractivity contribution in [1.29, 1.82) is 0 Å². The molecular weight excluding hydrogens is 224 g/mol. The Morgan fingerprint density at radius 1 is 1.47 bits per heavy atom. The van der Waals surface area contributed by atoms with Gasteiger partial charge in [0.05, 0.1) is 17.6 Å². The van der Waals surface area contributed by atoms with Gasteiger partial charge in [-0.15, -0.1) is 0 Å². The number of carbonyl (C=O) groups is 1. The van der Waals surface area contributed by atoms with Crippen LogP contribution in [0.3, 0.4) is 0 Å². The summed E-state index contributed by atoms with van der Waals surface area (Å²) < 4.78 is 0. The van der Waals surface area contributed by atoms with Gasteiger partial charge in [-0.1, -0.05) is 12.1 Å². The van der Waals surface area contributed by atoms with Crippen molar-refractivity contribution in [2.24, 2.45) is 0 Å². The zero-order chi connectivity index (χ0) is 12.8. The molecule has 0 aliphatic heterocycles. The molecule has 6 nitrogen and oxygen atoms in total. The Morgan fingerprint density at radius 2 is 2.12 bits per heavy atom. The average Bonchev–Trinajstić information content (AvgIpc) is 2.35. The van der Waals surface area contributed by atoms with Crippen LogP contribution in [0.15, 0.2) is 30.3 Å². The van der Waals surface area contributed by atoms with E-state index < -0.39 is 10.8 Å². The summed E-state index contributed by atoms with van der Waals surface area (Å²) in [5, 5.41) is 11.7. The maximum atomic E-state index is 11.4. The fourth-order valence-electron chi connectivity index (χ4n) is 1.15. The fourth-order valence-corrected chi connectivity index (χ4v) is 1.15. The van der Waals surface area contributed by atoms with Gasteiger partial charge in [-0.05, 0) is 12.1 Å². The number of amides is 1. The Morgan fingerprint density at radius 3 is 2.71 bits per heavy atom. The molecule has 1 aromatic rings. The van der Waals surface area contributed by atoms with E-state index in [4.69, 9.17) is 0 Å². The van der Waals surface area contributed by atoms with Crippen LogP contribution in [0.4, 0.5) is 5.69 Å². The van der Waals surface area contributed by atoms with Crippen LogP contribution in [-0.2, 0) is 9.63 Å². The summed E-state index contributed by atoms with van der Waals surface area (Å²) in [6, 6.07) is 6.18. The fraction of sp³-hybridized carbons (Fsp3) is 0.182. The summed E-state index contributed by atoms with van der Waals surface area (Å²) in [5.74, 6) is -0.398. The second-order valence-corrected chi connectivity index (χ2v) is 3.17. The van der Waals surface area contributed by atoms with Crippen molar-refractivity contribution in [3.8, 4) is 0 Å². The van der Waals surface area contributed by atoms with E-state index in [1.54, 1.807) is 18.2 Å². The third-order valence-corrected chi connectivity index (χ3v) is 2.12. The van der Waals surface area contributed by atoms with Crippen molar-refractivity contribution in [2.75, 3.05) is 14.2 Å². The molecule has 0 atom stereocenters. The van der Waals surface area contributed by atoms with Crippen molar-refractivity contribution in [3.63, 3.8) is 0 Å². The molecule has 1 amide bonds. The number of nitro groups is 1. The Kier molecular flexibility index (Phi) is 4.36. The normalized spacial score (nSPS) is 10.5. The van der Waals surface area contributed by atoms with E-state index in [0.717, 1.165) is 5.06 Å². The maximum absolute atomic E-state index is 11.4. The van der Waals surface area contributed by atoms with Crippen LogP contribution in [0.2, 0.25) is 0 Å². The van der Waals surface area contributed by atoms with Crippen LogP contribution < -0.4 is 0 Å². The van der Waals surface area contributed by atoms with Crippen LogP contribution in [0.1, 0.15) is 5.56 Å². The molecule has 0 bridgehead atoms. The Labute approximate surface area is 98.2 Å². The topological polar surface area (TPSA) is 72.7 Å². The highest BCUT2D eigenvalue weighted by Crippen LogP contribution is 2.18. The van der Waals surface area contributed by atoms with Gasteiger partial charge in [-0.3, -0.25) is 19.7 Å². The molecule has 90 valence electrons. The smallest absolute Gasteiger partial charge is 0.274 e. The van der Waals surface area contributed by atoms with Gasteiger partial charge in [0.1, 0.15) is 0 Å². The number of hydroxylamine groups is 2. The molecule has 17 heavy (non-hydrogen) atoms. The van der Waals surface area contributed by atoms with Crippen LogP contribution in [0, 0.1) is 10.1 Å². The molecule has 0 N–H and O–H groups in total.